The average Bonchev–Trinajstić information content (AvgIpc) is 1.85. The molecule has 0 aromatic carbocycles. The van der Waals surface area contributed by atoms with E-state index in [2.05, 4.69) is 4.98 Å². The molecule has 4 nitrogen and oxygen atoms in total. The largest absolute Gasteiger partial charge is 0.260 e. The summed E-state index contributed by atoms with van der Waals surface area (Å²) in [6.07, 6.45) is 1.53. The van der Waals surface area contributed by atoms with Crippen molar-refractivity contribution >= 4 is 22.4 Å². The van der Waals surface area contributed by atoms with Crippen molar-refractivity contribution in [1.82, 2.24) is 4.98 Å². The van der Waals surface area contributed by atoms with Gasteiger partial charge >= 0.3 is 0 Å². The molecule has 0 aliphatic rings. The normalized spacial score (nSPS) is 10.4. The van der Waals surface area contributed by atoms with Crippen LogP contribution in [0.1, 0.15) is 5.69 Å². The van der Waals surface area contributed by atoms with Crippen LogP contribution in [0.25, 0.3) is 0 Å². The van der Waals surface area contributed by atoms with Crippen LogP contribution >= 0.6 is 12.4 Å². The lowest BCUT2D eigenvalue weighted by Crippen LogP contribution is -2.15. The molecule has 1 aromatic heterocycles. The van der Waals surface area contributed by atoms with Gasteiger partial charge in [-0.05, 0) is 12.1 Å². The zero-order chi connectivity index (χ0) is 8.32. The van der Waals surface area contributed by atoms with E-state index in [4.69, 9.17) is 5.14 Å². The van der Waals surface area contributed by atoms with Gasteiger partial charge in [0, 0.05) is 6.20 Å². The lowest BCUT2D eigenvalue weighted by atomic mass is 10.4. The molecule has 68 valence electrons. The van der Waals surface area contributed by atoms with E-state index < -0.39 is 10.0 Å². The number of sulfonamides is 1. The van der Waals surface area contributed by atoms with Crippen molar-refractivity contribution in [1.29, 1.82) is 0 Å². The fourth-order valence-corrected chi connectivity index (χ4v) is 1.27. The molecule has 0 aliphatic heterocycles. The number of hydrogen-bond donors (Lipinski definition) is 1. The van der Waals surface area contributed by atoms with Crippen molar-refractivity contribution in [2.24, 2.45) is 5.14 Å². The monoisotopic (exact) mass is 208 g/mol. The molecule has 0 spiro atoms. The third kappa shape index (κ3) is 4.27. The molecular formula is C6H9ClN2O2S. The lowest BCUT2D eigenvalue weighted by molar-refractivity contribution is 0.596. The van der Waals surface area contributed by atoms with Gasteiger partial charge in [0.15, 0.2) is 0 Å². The standard InChI is InChI=1S/C6H8N2O2S.ClH/c7-11(9,10)5-6-3-1-2-4-8-6;/h1-4H,5H2,(H2,7,9,10);1H. The summed E-state index contributed by atoms with van der Waals surface area (Å²) < 4.78 is 21.1. The average molecular weight is 209 g/mol. The molecule has 0 bridgehead atoms. The number of aromatic nitrogens is 1. The van der Waals surface area contributed by atoms with Crippen LogP contribution in [0.15, 0.2) is 24.4 Å². The predicted octanol–water partition coefficient (Wildman–Crippen LogP) is 0.292. The molecular weight excluding hydrogens is 200 g/mol. The van der Waals surface area contributed by atoms with Crippen molar-refractivity contribution in [2.45, 2.75) is 5.75 Å². The van der Waals surface area contributed by atoms with E-state index in [0.29, 0.717) is 5.69 Å². The maximum Gasteiger partial charge on any atom is 0.214 e. The van der Waals surface area contributed by atoms with Gasteiger partial charge < -0.3 is 0 Å². The number of halogens is 1. The van der Waals surface area contributed by atoms with Crippen molar-refractivity contribution in [2.75, 3.05) is 0 Å². The summed E-state index contributed by atoms with van der Waals surface area (Å²) in [5, 5.41) is 4.80. The molecule has 1 aromatic rings. The highest BCUT2D eigenvalue weighted by molar-refractivity contribution is 7.88. The first-order valence-electron chi connectivity index (χ1n) is 2.98. The molecule has 0 unspecified atom stereocenters. The smallest absolute Gasteiger partial charge is 0.214 e. The minimum atomic E-state index is -3.44. The molecule has 0 saturated carbocycles. The van der Waals surface area contributed by atoms with Crippen LogP contribution in [0.5, 0.6) is 0 Å². The van der Waals surface area contributed by atoms with E-state index in [1.807, 2.05) is 0 Å². The molecule has 0 amide bonds. The summed E-state index contributed by atoms with van der Waals surface area (Å²) in [7, 11) is -3.44. The van der Waals surface area contributed by atoms with Gasteiger partial charge in [-0.2, -0.15) is 0 Å². The summed E-state index contributed by atoms with van der Waals surface area (Å²) in [5.74, 6) is -0.201. The SMILES string of the molecule is Cl.NS(=O)(=O)Cc1ccccn1. The maximum atomic E-state index is 10.5. The van der Waals surface area contributed by atoms with Gasteiger partial charge in [0.25, 0.3) is 0 Å². The van der Waals surface area contributed by atoms with E-state index in [9.17, 15) is 8.42 Å². The first-order valence-corrected chi connectivity index (χ1v) is 4.70. The minimum absolute atomic E-state index is 0. The Kier molecular flexibility index (Phi) is 4.16. The van der Waals surface area contributed by atoms with Crippen molar-refractivity contribution in [3.63, 3.8) is 0 Å². The molecule has 0 radical (unpaired) electrons. The highest BCUT2D eigenvalue weighted by Crippen LogP contribution is 1.96. The van der Waals surface area contributed by atoms with E-state index in [1.54, 1.807) is 18.2 Å². The summed E-state index contributed by atoms with van der Waals surface area (Å²) in [6, 6.07) is 5.05. The van der Waals surface area contributed by atoms with E-state index in [1.165, 1.54) is 6.20 Å². The van der Waals surface area contributed by atoms with Gasteiger partial charge in [-0.25, -0.2) is 13.6 Å². The minimum Gasteiger partial charge on any atom is -0.260 e. The Hall–Kier alpha value is -0.650. The Balaban J connectivity index is 0.00000121. The molecule has 1 rings (SSSR count). The molecule has 2 N–H and O–H groups in total. The van der Waals surface area contributed by atoms with Gasteiger partial charge in [0.1, 0.15) is 5.75 Å². The Morgan fingerprint density at radius 1 is 1.42 bits per heavy atom. The molecule has 0 fully saturated rings. The first-order chi connectivity index (χ1) is 5.08. The number of nitrogens with two attached hydrogens (primary N) is 1. The van der Waals surface area contributed by atoms with E-state index in [0.717, 1.165) is 0 Å². The second-order valence-electron chi connectivity index (χ2n) is 2.13. The number of nitrogens with zero attached hydrogens (tertiary/aromatic N) is 1. The van der Waals surface area contributed by atoms with Gasteiger partial charge in [-0.3, -0.25) is 4.98 Å². The summed E-state index contributed by atoms with van der Waals surface area (Å²) >= 11 is 0. The van der Waals surface area contributed by atoms with Crippen LogP contribution in [0.3, 0.4) is 0 Å². The second-order valence-corrected chi connectivity index (χ2v) is 3.74. The Labute approximate surface area is 77.3 Å². The van der Waals surface area contributed by atoms with Crippen LogP contribution in [0.4, 0.5) is 0 Å². The second kappa shape index (κ2) is 4.39. The van der Waals surface area contributed by atoms with E-state index in [-0.39, 0.29) is 18.2 Å². The van der Waals surface area contributed by atoms with Crippen LogP contribution in [0.2, 0.25) is 0 Å². The fourth-order valence-electron chi connectivity index (χ4n) is 0.690. The number of primary sulfonamides is 1. The van der Waals surface area contributed by atoms with Crippen molar-refractivity contribution < 1.29 is 8.42 Å². The fraction of sp³-hybridized carbons (Fsp3) is 0.167. The molecule has 1 heterocycles. The Morgan fingerprint density at radius 3 is 2.50 bits per heavy atom. The predicted molar refractivity (Wildman–Crippen MR) is 48.3 cm³/mol. The highest BCUT2D eigenvalue weighted by Gasteiger charge is 2.03. The summed E-state index contributed by atoms with van der Waals surface area (Å²) in [6.45, 7) is 0. The summed E-state index contributed by atoms with van der Waals surface area (Å²) in [4.78, 5) is 3.80. The first kappa shape index (κ1) is 11.4. The third-order valence-corrected chi connectivity index (χ3v) is 1.77. The van der Waals surface area contributed by atoms with Gasteiger partial charge in [-0.1, -0.05) is 6.07 Å². The molecule has 0 saturated heterocycles. The van der Waals surface area contributed by atoms with Crippen LogP contribution in [-0.4, -0.2) is 13.4 Å². The zero-order valence-electron chi connectivity index (χ0n) is 6.17. The van der Waals surface area contributed by atoms with Crippen molar-refractivity contribution in [3.05, 3.63) is 30.1 Å². The summed E-state index contributed by atoms with van der Waals surface area (Å²) in [5.41, 5.74) is 0.468. The molecule has 0 atom stereocenters. The molecule has 12 heavy (non-hydrogen) atoms. The molecule has 6 heteroatoms. The van der Waals surface area contributed by atoms with Crippen LogP contribution in [-0.2, 0) is 15.8 Å². The van der Waals surface area contributed by atoms with Gasteiger partial charge in [0.2, 0.25) is 10.0 Å². The van der Waals surface area contributed by atoms with Gasteiger partial charge in [-0.15, -0.1) is 12.4 Å². The van der Waals surface area contributed by atoms with Crippen LogP contribution in [0, 0.1) is 0 Å². The Bertz CT molecular complexity index is 325. The maximum absolute atomic E-state index is 10.5. The number of rotatable bonds is 2. The third-order valence-electron chi connectivity index (χ3n) is 1.08. The lowest BCUT2D eigenvalue weighted by Gasteiger charge is -1.95. The quantitative estimate of drug-likeness (QED) is 0.760. The van der Waals surface area contributed by atoms with Crippen LogP contribution < -0.4 is 5.14 Å². The zero-order valence-corrected chi connectivity index (χ0v) is 7.81. The number of pyridine rings is 1. The number of hydrogen-bond acceptors (Lipinski definition) is 3. The molecule has 0 aliphatic carbocycles. The highest BCUT2D eigenvalue weighted by atomic mass is 35.5. The van der Waals surface area contributed by atoms with Crippen molar-refractivity contribution in [3.8, 4) is 0 Å². The topological polar surface area (TPSA) is 73.1 Å². The Morgan fingerprint density at radius 2 is 2.08 bits per heavy atom. The van der Waals surface area contributed by atoms with E-state index >= 15 is 0 Å². The van der Waals surface area contributed by atoms with Gasteiger partial charge in [0.05, 0.1) is 5.69 Å².